The molecule has 3 rings (SSSR count). The van der Waals surface area contributed by atoms with E-state index in [2.05, 4.69) is 15.2 Å². The zero-order chi connectivity index (χ0) is 14.5. The van der Waals surface area contributed by atoms with Gasteiger partial charge in [0, 0.05) is 38.6 Å². The number of aliphatic hydroxyl groups is 1. The average Bonchev–Trinajstić information content (AvgIpc) is 2.94. The van der Waals surface area contributed by atoms with Crippen LogP contribution in [0.3, 0.4) is 0 Å². The van der Waals surface area contributed by atoms with Crippen LogP contribution in [0.15, 0.2) is 24.5 Å². The number of nitrogens with zero attached hydrogens (tertiary/aromatic N) is 2. The Morgan fingerprint density at radius 3 is 2.95 bits per heavy atom. The van der Waals surface area contributed by atoms with E-state index in [0.29, 0.717) is 12.7 Å². The highest BCUT2D eigenvalue weighted by molar-refractivity contribution is 5.06. The number of hydrogen-bond donors (Lipinski definition) is 2. The van der Waals surface area contributed by atoms with E-state index < -0.39 is 5.60 Å². The number of ether oxygens (including phenoxy) is 1. The lowest BCUT2D eigenvalue weighted by Gasteiger charge is -2.36. The molecule has 0 aliphatic carbocycles. The summed E-state index contributed by atoms with van der Waals surface area (Å²) in [5.41, 5.74) is 0.606. The summed E-state index contributed by atoms with van der Waals surface area (Å²) < 4.78 is 5.97. The highest BCUT2D eigenvalue weighted by Gasteiger charge is 2.34. The third-order valence-corrected chi connectivity index (χ3v) is 4.48. The number of rotatable bonds is 5. The van der Waals surface area contributed by atoms with Gasteiger partial charge in [-0.1, -0.05) is 6.07 Å². The van der Waals surface area contributed by atoms with Crippen LogP contribution >= 0.6 is 0 Å². The van der Waals surface area contributed by atoms with Gasteiger partial charge in [0.05, 0.1) is 18.3 Å². The highest BCUT2D eigenvalue weighted by atomic mass is 16.5. The Morgan fingerprint density at radius 2 is 2.29 bits per heavy atom. The van der Waals surface area contributed by atoms with Gasteiger partial charge in [0.25, 0.3) is 0 Å². The largest absolute Gasteiger partial charge is 0.387 e. The molecule has 0 saturated carbocycles. The second kappa shape index (κ2) is 6.83. The number of piperidine rings is 1. The van der Waals surface area contributed by atoms with Crippen LogP contribution in [0.5, 0.6) is 0 Å². The molecular formula is C16H25N3O2. The van der Waals surface area contributed by atoms with Crippen LogP contribution in [0.4, 0.5) is 0 Å². The zero-order valence-electron chi connectivity index (χ0n) is 12.5. The number of likely N-dealkylation sites (tertiary alicyclic amines) is 1. The van der Waals surface area contributed by atoms with Crippen molar-refractivity contribution in [2.24, 2.45) is 0 Å². The second-order valence-electron chi connectivity index (χ2n) is 6.30. The van der Waals surface area contributed by atoms with Crippen molar-refractivity contribution in [1.82, 2.24) is 15.2 Å². The van der Waals surface area contributed by atoms with Crippen molar-refractivity contribution in [3.05, 3.63) is 30.1 Å². The first-order valence-electron chi connectivity index (χ1n) is 7.89. The summed E-state index contributed by atoms with van der Waals surface area (Å²) in [5.74, 6) is 0. The quantitative estimate of drug-likeness (QED) is 0.840. The molecule has 116 valence electrons. The van der Waals surface area contributed by atoms with Gasteiger partial charge in [0.1, 0.15) is 0 Å². The summed E-state index contributed by atoms with van der Waals surface area (Å²) in [5, 5.41) is 13.7. The monoisotopic (exact) mass is 291 g/mol. The molecule has 5 nitrogen and oxygen atoms in total. The van der Waals surface area contributed by atoms with Gasteiger partial charge in [-0.15, -0.1) is 0 Å². The number of nitrogens with one attached hydrogen (secondary N) is 1. The highest BCUT2D eigenvalue weighted by Crippen LogP contribution is 2.21. The molecule has 2 aliphatic heterocycles. The van der Waals surface area contributed by atoms with Crippen LogP contribution in [0.1, 0.15) is 24.8 Å². The van der Waals surface area contributed by atoms with E-state index in [0.717, 1.165) is 57.5 Å². The van der Waals surface area contributed by atoms with Crippen molar-refractivity contribution in [1.29, 1.82) is 0 Å². The lowest BCUT2D eigenvalue weighted by molar-refractivity contribution is -0.0290. The third kappa shape index (κ3) is 4.23. The van der Waals surface area contributed by atoms with E-state index in [1.54, 1.807) is 6.20 Å². The van der Waals surface area contributed by atoms with E-state index in [9.17, 15) is 5.11 Å². The minimum atomic E-state index is -0.524. The lowest BCUT2D eigenvalue weighted by Crippen LogP contribution is -2.48. The molecule has 1 atom stereocenters. The number of β-amino-alcohol motifs (C(OH)–C–C–N with tert-alkyl or cyclic N) is 1. The summed E-state index contributed by atoms with van der Waals surface area (Å²) in [6.45, 7) is 5.12. The predicted octanol–water partition coefficient (Wildman–Crippen LogP) is 0.787. The van der Waals surface area contributed by atoms with Gasteiger partial charge < -0.3 is 20.1 Å². The van der Waals surface area contributed by atoms with Crippen molar-refractivity contribution < 1.29 is 9.84 Å². The summed E-state index contributed by atoms with van der Waals surface area (Å²) in [6.07, 6.45) is 6.93. The Bertz CT molecular complexity index is 426. The van der Waals surface area contributed by atoms with Crippen LogP contribution in [0.25, 0.3) is 0 Å². The smallest absolute Gasteiger partial charge is 0.0909 e. The molecule has 5 heteroatoms. The molecule has 0 unspecified atom stereocenters. The first-order valence-corrected chi connectivity index (χ1v) is 7.89. The summed E-state index contributed by atoms with van der Waals surface area (Å²) in [7, 11) is 0. The molecule has 0 aromatic carbocycles. The first-order chi connectivity index (χ1) is 10.2. The maximum atomic E-state index is 10.4. The molecule has 0 amide bonds. The molecule has 21 heavy (non-hydrogen) atoms. The van der Waals surface area contributed by atoms with Crippen molar-refractivity contribution in [3.63, 3.8) is 0 Å². The van der Waals surface area contributed by atoms with Crippen LogP contribution in [0.2, 0.25) is 0 Å². The van der Waals surface area contributed by atoms with Gasteiger partial charge in [-0.05, 0) is 37.4 Å². The van der Waals surface area contributed by atoms with E-state index in [-0.39, 0.29) is 0 Å². The lowest BCUT2D eigenvalue weighted by atomic mass is 10.00. The fraction of sp³-hybridized carbons (Fsp3) is 0.688. The number of pyridine rings is 1. The fourth-order valence-corrected chi connectivity index (χ4v) is 3.21. The second-order valence-corrected chi connectivity index (χ2v) is 6.30. The third-order valence-electron chi connectivity index (χ3n) is 4.48. The molecule has 2 aliphatic rings. The molecule has 3 heterocycles. The predicted molar refractivity (Wildman–Crippen MR) is 80.9 cm³/mol. The molecule has 0 spiro atoms. The maximum Gasteiger partial charge on any atom is 0.0909 e. The van der Waals surface area contributed by atoms with Gasteiger partial charge in [-0.2, -0.15) is 0 Å². The zero-order valence-corrected chi connectivity index (χ0v) is 12.5. The van der Waals surface area contributed by atoms with Gasteiger partial charge in [0.2, 0.25) is 0 Å². The molecule has 1 aromatic rings. The number of hydrogen-bond acceptors (Lipinski definition) is 5. The van der Waals surface area contributed by atoms with E-state index in [1.807, 2.05) is 18.3 Å². The Kier molecular flexibility index (Phi) is 4.85. The van der Waals surface area contributed by atoms with Gasteiger partial charge in [-0.3, -0.25) is 4.98 Å². The van der Waals surface area contributed by atoms with E-state index in [4.69, 9.17) is 4.74 Å². The van der Waals surface area contributed by atoms with Crippen molar-refractivity contribution in [2.75, 3.05) is 32.7 Å². The molecule has 0 radical (unpaired) electrons. The van der Waals surface area contributed by atoms with Crippen LogP contribution in [-0.4, -0.2) is 59.4 Å². The minimum absolute atomic E-state index is 0.331. The summed E-state index contributed by atoms with van der Waals surface area (Å²) in [6, 6.07) is 3.99. The van der Waals surface area contributed by atoms with Crippen molar-refractivity contribution >= 4 is 0 Å². The SMILES string of the molecule is O[C@]1(CN2CCC(OCc3cccnc3)CC2)CCNC1. The molecular weight excluding hydrogens is 266 g/mol. The number of aromatic nitrogens is 1. The summed E-state index contributed by atoms with van der Waals surface area (Å²) in [4.78, 5) is 6.48. The van der Waals surface area contributed by atoms with E-state index >= 15 is 0 Å². The van der Waals surface area contributed by atoms with E-state index in [1.165, 1.54) is 0 Å². The van der Waals surface area contributed by atoms with Crippen molar-refractivity contribution in [2.45, 2.75) is 37.6 Å². The van der Waals surface area contributed by atoms with Crippen LogP contribution in [-0.2, 0) is 11.3 Å². The normalized spacial score (nSPS) is 28.0. The van der Waals surface area contributed by atoms with Crippen LogP contribution in [0, 0.1) is 0 Å². The average molecular weight is 291 g/mol. The molecule has 2 fully saturated rings. The Labute approximate surface area is 126 Å². The van der Waals surface area contributed by atoms with Crippen LogP contribution < -0.4 is 5.32 Å². The first kappa shape index (κ1) is 14.9. The molecule has 0 bridgehead atoms. The van der Waals surface area contributed by atoms with Crippen molar-refractivity contribution in [3.8, 4) is 0 Å². The fourth-order valence-electron chi connectivity index (χ4n) is 3.21. The Hall–Kier alpha value is -1.01. The standard InChI is InChI=1S/C16H25N3O2/c20-16(5-7-18-12-16)13-19-8-3-15(4-9-19)21-11-14-2-1-6-17-10-14/h1-2,6,10,15,18,20H,3-5,7-9,11-13H2/t16-/m1/s1. The Balaban J connectivity index is 1.39. The van der Waals surface area contributed by atoms with Gasteiger partial charge in [0.15, 0.2) is 0 Å². The molecule has 2 saturated heterocycles. The molecule has 2 N–H and O–H groups in total. The van der Waals surface area contributed by atoms with Gasteiger partial charge >= 0.3 is 0 Å². The van der Waals surface area contributed by atoms with Gasteiger partial charge in [-0.25, -0.2) is 0 Å². The Morgan fingerprint density at radius 1 is 1.43 bits per heavy atom. The maximum absolute atomic E-state index is 10.4. The summed E-state index contributed by atoms with van der Waals surface area (Å²) >= 11 is 0. The topological polar surface area (TPSA) is 57.6 Å². The molecule has 1 aromatic heterocycles. The minimum Gasteiger partial charge on any atom is -0.387 e.